The van der Waals surface area contributed by atoms with Gasteiger partial charge in [-0.3, -0.25) is 4.79 Å². The highest BCUT2D eigenvalue weighted by Gasteiger charge is 2.15. The molecule has 2 rings (SSSR count). The number of primary sulfonamides is 1. The molecule has 0 atom stereocenters. The number of amides is 1. The molecule has 0 fully saturated rings. The fraction of sp³-hybridized carbons (Fsp3) is 0.125. The molecule has 7 nitrogen and oxygen atoms in total. The second-order valence-electron chi connectivity index (χ2n) is 5.04. The molecule has 0 saturated heterocycles. The first-order valence-corrected chi connectivity index (χ1v) is 10.3. The molecule has 0 aliphatic rings. The Balaban J connectivity index is 1.95. The van der Waals surface area contributed by atoms with E-state index in [9.17, 15) is 18.0 Å². The minimum atomic E-state index is -3.81. The number of rotatable bonds is 6. The molecule has 0 radical (unpaired) electrons. The van der Waals surface area contributed by atoms with Crippen LogP contribution in [-0.2, 0) is 19.6 Å². The van der Waals surface area contributed by atoms with Crippen molar-refractivity contribution in [2.24, 2.45) is 5.14 Å². The maximum atomic E-state index is 12.1. The minimum Gasteiger partial charge on any atom is -0.452 e. The first-order valence-electron chi connectivity index (χ1n) is 7.14. The molecule has 0 aliphatic heterocycles. The second kappa shape index (κ2) is 8.54. The van der Waals surface area contributed by atoms with E-state index in [0.717, 1.165) is 4.90 Å². The fourth-order valence-corrected chi connectivity index (χ4v) is 3.07. The highest BCUT2D eigenvalue weighted by atomic mass is 35.5. The molecule has 138 valence electrons. The van der Waals surface area contributed by atoms with Gasteiger partial charge in [-0.1, -0.05) is 11.6 Å². The van der Waals surface area contributed by atoms with Gasteiger partial charge in [-0.25, -0.2) is 18.4 Å². The van der Waals surface area contributed by atoms with Crippen molar-refractivity contribution >= 4 is 50.9 Å². The number of carbonyl (C=O) groups is 2. The summed E-state index contributed by atoms with van der Waals surface area (Å²) >= 11 is 7.42. The monoisotopic (exact) mass is 414 g/mol. The molecule has 1 amide bonds. The van der Waals surface area contributed by atoms with E-state index in [-0.39, 0.29) is 15.5 Å². The molecule has 0 saturated carbocycles. The molecule has 3 N–H and O–H groups in total. The van der Waals surface area contributed by atoms with Gasteiger partial charge in [0.25, 0.3) is 5.91 Å². The normalized spacial score (nSPS) is 11.0. The Morgan fingerprint density at radius 3 is 2.42 bits per heavy atom. The first kappa shape index (κ1) is 20.2. The molecule has 2 aromatic rings. The maximum absolute atomic E-state index is 12.1. The van der Waals surface area contributed by atoms with Crippen LogP contribution >= 0.6 is 23.4 Å². The average molecular weight is 415 g/mol. The molecule has 10 heteroatoms. The van der Waals surface area contributed by atoms with Crippen molar-refractivity contribution in [2.45, 2.75) is 9.79 Å². The molecule has 0 unspecified atom stereocenters. The predicted molar refractivity (Wildman–Crippen MR) is 100.0 cm³/mol. The standard InChI is InChI=1S/C16H15ClN2O5S2/c1-25-11-4-7-14(17)13(8-11)16(21)24-9-15(20)19-10-2-5-12(6-3-10)26(18,22)23/h2-8H,9H2,1H3,(H,19,20)(H2,18,22,23). The van der Waals surface area contributed by atoms with Crippen LogP contribution in [0.2, 0.25) is 5.02 Å². The van der Waals surface area contributed by atoms with Gasteiger partial charge in [-0.15, -0.1) is 11.8 Å². The largest absolute Gasteiger partial charge is 0.452 e. The van der Waals surface area contributed by atoms with Gasteiger partial charge in [0.1, 0.15) is 0 Å². The number of halogens is 1. The molecule has 0 spiro atoms. The Morgan fingerprint density at radius 2 is 1.85 bits per heavy atom. The lowest BCUT2D eigenvalue weighted by atomic mass is 10.2. The number of benzene rings is 2. The van der Waals surface area contributed by atoms with E-state index in [1.807, 2.05) is 6.26 Å². The summed E-state index contributed by atoms with van der Waals surface area (Å²) in [7, 11) is -3.81. The average Bonchev–Trinajstić information content (AvgIpc) is 2.60. The zero-order valence-corrected chi connectivity index (χ0v) is 16.0. The fourth-order valence-electron chi connectivity index (χ4n) is 1.92. The van der Waals surface area contributed by atoms with Crippen molar-refractivity contribution in [3.63, 3.8) is 0 Å². The van der Waals surface area contributed by atoms with Crippen LogP contribution in [0.5, 0.6) is 0 Å². The Bertz CT molecular complexity index is 930. The summed E-state index contributed by atoms with van der Waals surface area (Å²) in [4.78, 5) is 24.7. The van der Waals surface area contributed by atoms with Crippen LogP contribution in [0.4, 0.5) is 5.69 Å². The topological polar surface area (TPSA) is 116 Å². The summed E-state index contributed by atoms with van der Waals surface area (Å²) in [5.41, 5.74) is 0.504. The highest BCUT2D eigenvalue weighted by Crippen LogP contribution is 2.23. The van der Waals surface area contributed by atoms with Crippen molar-refractivity contribution in [1.29, 1.82) is 0 Å². The number of carbonyl (C=O) groups excluding carboxylic acids is 2. The summed E-state index contributed by atoms with van der Waals surface area (Å²) in [5.74, 6) is -1.30. The number of hydrogen-bond donors (Lipinski definition) is 2. The van der Waals surface area contributed by atoms with Crippen LogP contribution in [-0.4, -0.2) is 33.2 Å². The van der Waals surface area contributed by atoms with E-state index in [4.69, 9.17) is 21.5 Å². The molecule has 0 aliphatic carbocycles. The van der Waals surface area contributed by atoms with Crippen molar-refractivity contribution in [3.05, 3.63) is 53.1 Å². The minimum absolute atomic E-state index is 0.0785. The third kappa shape index (κ3) is 5.46. The number of esters is 1. The molecule has 0 aromatic heterocycles. The SMILES string of the molecule is CSc1ccc(Cl)c(C(=O)OCC(=O)Nc2ccc(S(N)(=O)=O)cc2)c1. The maximum Gasteiger partial charge on any atom is 0.340 e. The lowest BCUT2D eigenvalue weighted by Crippen LogP contribution is -2.21. The molecule has 2 aromatic carbocycles. The van der Waals surface area contributed by atoms with Gasteiger partial charge in [-0.2, -0.15) is 0 Å². The van der Waals surface area contributed by atoms with Crippen LogP contribution in [0.3, 0.4) is 0 Å². The van der Waals surface area contributed by atoms with Gasteiger partial charge < -0.3 is 10.1 Å². The van der Waals surface area contributed by atoms with E-state index >= 15 is 0 Å². The number of thioether (sulfide) groups is 1. The van der Waals surface area contributed by atoms with Gasteiger partial charge in [0.2, 0.25) is 10.0 Å². The van der Waals surface area contributed by atoms with Crippen LogP contribution in [0.25, 0.3) is 0 Å². The summed E-state index contributed by atoms with van der Waals surface area (Å²) in [6.45, 7) is -0.518. The van der Waals surface area contributed by atoms with Crippen LogP contribution in [0.1, 0.15) is 10.4 Å². The van der Waals surface area contributed by atoms with Crippen molar-refractivity contribution in [2.75, 3.05) is 18.2 Å². The van der Waals surface area contributed by atoms with Crippen molar-refractivity contribution < 1.29 is 22.7 Å². The third-order valence-corrected chi connectivity index (χ3v) is 5.18. The van der Waals surface area contributed by atoms with Crippen molar-refractivity contribution in [3.8, 4) is 0 Å². The van der Waals surface area contributed by atoms with Gasteiger partial charge in [-0.05, 0) is 48.7 Å². The number of hydrogen-bond acceptors (Lipinski definition) is 6. The third-order valence-electron chi connectivity index (χ3n) is 3.19. The predicted octanol–water partition coefficient (Wildman–Crippen LogP) is 2.50. The molecule has 0 heterocycles. The zero-order valence-electron chi connectivity index (χ0n) is 13.6. The van der Waals surface area contributed by atoms with Gasteiger partial charge in [0, 0.05) is 10.6 Å². The molecular formula is C16H15ClN2O5S2. The Morgan fingerprint density at radius 1 is 1.19 bits per heavy atom. The van der Waals surface area contributed by atoms with Crippen LogP contribution < -0.4 is 10.5 Å². The van der Waals surface area contributed by atoms with E-state index in [2.05, 4.69) is 5.32 Å². The summed E-state index contributed by atoms with van der Waals surface area (Å²) in [5, 5.41) is 7.70. The lowest BCUT2D eigenvalue weighted by molar-refractivity contribution is -0.119. The molecule has 26 heavy (non-hydrogen) atoms. The highest BCUT2D eigenvalue weighted by molar-refractivity contribution is 7.98. The zero-order chi connectivity index (χ0) is 19.3. The lowest BCUT2D eigenvalue weighted by Gasteiger charge is -2.09. The number of nitrogens with two attached hydrogens (primary N) is 1. The number of ether oxygens (including phenoxy) is 1. The van der Waals surface area contributed by atoms with E-state index in [1.165, 1.54) is 36.0 Å². The van der Waals surface area contributed by atoms with E-state index < -0.39 is 28.5 Å². The molecular weight excluding hydrogens is 400 g/mol. The number of nitrogens with one attached hydrogen (secondary N) is 1. The summed E-state index contributed by atoms with van der Waals surface area (Å²) < 4.78 is 27.3. The smallest absolute Gasteiger partial charge is 0.340 e. The van der Waals surface area contributed by atoms with E-state index in [0.29, 0.717) is 5.69 Å². The van der Waals surface area contributed by atoms with E-state index in [1.54, 1.807) is 18.2 Å². The Hall–Kier alpha value is -2.07. The van der Waals surface area contributed by atoms with Crippen LogP contribution in [0, 0.1) is 0 Å². The summed E-state index contributed by atoms with van der Waals surface area (Å²) in [6.07, 6.45) is 1.85. The van der Waals surface area contributed by atoms with Gasteiger partial charge >= 0.3 is 5.97 Å². The summed E-state index contributed by atoms with van der Waals surface area (Å²) in [6, 6.07) is 10.2. The first-order chi connectivity index (χ1) is 12.2. The van der Waals surface area contributed by atoms with Crippen molar-refractivity contribution in [1.82, 2.24) is 0 Å². The van der Waals surface area contributed by atoms with Gasteiger partial charge in [0.15, 0.2) is 6.61 Å². The molecule has 0 bridgehead atoms. The van der Waals surface area contributed by atoms with Crippen LogP contribution in [0.15, 0.2) is 52.3 Å². The number of sulfonamides is 1. The second-order valence-corrected chi connectivity index (χ2v) is 7.89. The number of anilines is 1. The quantitative estimate of drug-likeness (QED) is 0.554. The van der Waals surface area contributed by atoms with Gasteiger partial charge in [0.05, 0.1) is 15.5 Å². The Labute approximate surface area is 159 Å². The Kier molecular flexibility index (Phi) is 6.65.